The van der Waals surface area contributed by atoms with Gasteiger partial charge in [-0.2, -0.15) is 5.26 Å². The molecule has 1 amide bonds. The molecule has 1 aliphatic carbocycles. The van der Waals surface area contributed by atoms with Gasteiger partial charge in [0.1, 0.15) is 11.4 Å². The van der Waals surface area contributed by atoms with Gasteiger partial charge in [-0.1, -0.05) is 11.8 Å². The zero-order chi connectivity index (χ0) is 17.0. The van der Waals surface area contributed by atoms with E-state index in [1.807, 2.05) is 0 Å². The summed E-state index contributed by atoms with van der Waals surface area (Å²) in [5.41, 5.74) is 0.00244. The molecule has 0 saturated heterocycles. The van der Waals surface area contributed by atoms with E-state index in [-0.39, 0.29) is 17.5 Å². The van der Waals surface area contributed by atoms with E-state index in [0.717, 1.165) is 18.4 Å². The highest BCUT2D eigenvalue weighted by Crippen LogP contribution is 2.29. The smallest absolute Gasteiger partial charge is 0.256 e. The minimum Gasteiger partial charge on any atom is -0.431 e. The van der Waals surface area contributed by atoms with Crippen LogP contribution >= 0.6 is 11.8 Å². The summed E-state index contributed by atoms with van der Waals surface area (Å²) in [6.07, 6.45) is 4.87. The van der Waals surface area contributed by atoms with Crippen LogP contribution in [0.15, 0.2) is 40.1 Å². The van der Waals surface area contributed by atoms with Gasteiger partial charge in [0.15, 0.2) is 5.76 Å². The molecule has 0 atom stereocenters. The number of halogens is 1. The van der Waals surface area contributed by atoms with E-state index >= 15 is 0 Å². The van der Waals surface area contributed by atoms with Gasteiger partial charge in [-0.15, -0.1) is 0 Å². The molecule has 2 aromatic rings. The van der Waals surface area contributed by atoms with Gasteiger partial charge in [-0.25, -0.2) is 9.37 Å². The predicted octanol–water partition coefficient (Wildman–Crippen LogP) is 3.53. The van der Waals surface area contributed by atoms with Crippen molar-refractivity contribution in [3.63, 3.8) is 0 Å². The minimum absolute atomic E-state index is 0.132. The third-order valence-electron chi connectivity index (χ3n) is 3.99. The number of nitrogens with one attached hydrogen (secondary N) is 1. The number of thioether (sulfide) groups is 1. The molecule has 124 valence electrons. The number of carbonyl (C=O) groups excluding carboxylic acids is 1. The number of benzene rings is 1. The van der Waals surface area contributed by atoms with Crippen LogP contribution in [0.4, 0.5) is 4.39 Å². The Morgan fingerprint density at radius 1 is 1.38 bits per heavy atom. The topological polar surface area (TPSA) is 78.9 Å². The number of hydrogen-bond donors (Lipinski definition) is 1. The zero-order valence-electron chi connectivity index (χ0n) is 12.9. The number of rotatable bonds is 5. The predicted molar refractivity (Wildman–Crippen MR) is 87.6 cm³/mol. The SMILES string of the molecule is N#CC1(NC(=O)CSc2ncc(-c3ccc(F)cc3)o2)CCCC1. The normalized spacial score (nSPS) is 15.8. The Kier molecular flexibility index (Phi) is 4.86. The van der Waals surface area contributed by atoms with E-state index in [2.05, 4.69) is 16.4 Å². The van der Waals surface area contributed by atoms with Gasteiger partial charge >= 0.3 is 0 Å². The Morgan fingerprint density at radius 3 is 2.75 bits per heavy atom. The number of nitrogens with zero attached hydrogens (tertiary/aromatic N) is 2. The summed E-state index contributed by atoms with van der Waals surface area (Å²) >= 11 is 1.17. The number of carbonyl (C=O) groups is 1. The number of nitriles is 1. The zero-order valence-corrected chi connectivity index (χ0v) is 13.7. The largest absolute Gasteiger partial charge is 0.431 e. The van der Waals surface area contributed by atoms with Crippen LogP contribution in [0.5, 0.6) is 0 Å². The first-order chi connectivity index (χ1) is 11.6. The van der Waals surface area contributed by atoms with E-state index < -0.39 is 5.54 Å². The van der Waals surface area contributed by atoms with Crippen LogP contribution in [-0.4, -0.2) is 22.2 Å². The number of hydrogen-bond acceptors (Lipinski definition) is 5. The summed E-state index contributed by atoms with van der Waals surface area (Å²) in [7, 11) is 0. The second-order valence-corrected chi connectivity index (χ2v) is 6.66. The third kappa shape index (κ3) is 3.77. The number of amides is 1. The van der Waals surface area contributed by atoms with Gasteiger partial charge in [0.05, 0.1) is 18.0 Å². The molecule has 1 saturated carbocycles. The van der Waals surface area contributed by atoms with Crippen molar-refractivity contribution in [3.8, 4) is 17.4 Å². The summed E-state index contributed by atoms with van der Waals surface area (Å²) < 4.78 is 18.5. The van der Waals surface area contributed by atoms with Crippen LogP contribution in [0.2, 0.25) is 0 Å². The van der Waals surface area contributed by atoms with Gasteiger partial charge in [-0.3, -0.25) is 4.79 Å². The average molecular weight is 345 g/mol. The van der Waals surface area contributed by atoms with Crippen LogP contribution in [0.25, 0.3) is 11.3 Å². The summed E-state index contributed by atoms with van der Waals surface area (Å²) in [6.45, 7) is 0. The Balaban J connectivity index is 1.56. The first kappa shape index (κ1) is 16.5. The molecule has 0 bridgehead atoms. The molecule has 0 unspecified atom stereocenters. The molecule has 0 spiro atoms. The fraction of sp³-hybridized carbons (Fsp3) is 0.353. The summed E-state index contributed by atoms with van der Waals surface area (Å²) in [6, 6.07) is 8.13. The lowest BCUT2D eigenvalue weighted by Gasteiger charge is -2.21. The van der Waals surface area contributed by atoms with E-state index in [0.29, 0.717) is 23.8 Å². The van der Waals surface area contributed by atoms with Crippen LogP contribution < -0.4 is 5.32 Å². The summed E-state index contributed by atoms with van der Waals surface area (Å²) in [5, 5.41) is 12.5. The molecule has 1 N–H and O–H groups in total. The highest BCUT2D eigenvalue weighted by Gasteiger charge is 2.35. The molecule has 1 heterocycles. The van der Waals surface area contributed by atoms with Crippen molar-refractivity contribution in [2.24, 2.45) is 0 Å². The van der Waals surface area contributed by atoms with Crippen LogP contribution in [0.3, 0.4) is 0 Å². The van der Waals surface area contributed by atoms with Crippen LogP contribution in [0, 0.1) is 17.1 Å². The standard InChI is InChI=1S/C17H16FN3O2S/c18-13-5-3-12(4-6-13)14-9-20-16(23-14)24-10-15(22)21-17(11-19)7-1-2-8-17/h3-6,9H,1-2,7-8,10H2,(H,21,22). The van der Waals surface area contributed by atoms with Gasteiger partial charge < -0.3 is 9.73 Å². The first-order valence-corrected chi connectivity index (χ1v) is 8.66. The molecule has 0 radical (unpaired) electrons. The van der Waals surface area contributed by atoms with E-state index in [1.54, 1.807) is 18.3 Å². The van der Waals surface area contributed by atoms with Gasteiger partial charge in [-0.05, 0) is 49.9 Å². The summed E-state index contributed by atoms with van der Waals surface area (Å²) in [5.74, 6) is 0.127. The first-order valence-electron chi connectivity index (χ1n) is 7.67. The highest BCUT2D eigenvalue weighted by atomic mass is 32.2. The molecule has 5 nitrogen and oxygen atoms in total. The second kappa shape index (κ2) is 7.05. The van der Waals surface area contributed by atoms with Crippen molar-refractivity contribution < 1.29 is 13.6 Å². The quantitative estimate of drug-likeness (QED) is 0.839. The van der Waals surface area contributed by atoms with Crippen molar-refractivity contribution >= 4 is 17.7 Å². The molecule has 1 aliphatic rings. The van der Waals surface area contributed by atoms with Crippen molar-refractivity contribution in [1.82, 2.24) is 10.3 Å². The fourth-order valence-corrected chi connectivity index (χ4v) is 3.35. The molecule has 0 aliphatic heterocycles. The molecule has 24 heavy (non-hydrogen) atoms. The van der Waals surface area contributed by atoms with Gasteiger partial charge in [0.25, 0.3) is 5.22 Å². The Morgan fingerprint density at radius 2 is 2.08 bits per heavy atom. The maximum Gasteiger partial charge on any atom is 0.256 e. The molecule has 7 heteroatoms. The molecular weight excluding hydrogens is 329 g/mol. The second-order valence-electron chi connectivity index (χ2n) is 5.74. The fourth-order valence-electron chi connectivity index (χ4n) is 2.75. The molecule has 1 aromatic carbocycles. The van der Waals surface area contributed by atoms with Crippen molar-refractivity contribution in [2.45, 2.75) is 36.4 Å². The van der Waals surface area contributed by atoms with Crippen molar-refractivity contribution in [1.29, 1.82) is 5.26 Å². The lowest BCUT2D eigenvalue weighted by Crippen LogP contribution is -2.45. The van der Waals surface area contributed by atoms with Gasteiger partial charge in [0, 0.05) is 5.56 Å². The van der Waals surface area contributed by atoms with E-state index in [4.69, 9.17) is 4.42 Å². The lowest BCUT2D eigenvalue weighted by atomic mass is 10.0. The van der Waals surface area contributed by atoms with E-state index in [9.17, 15) is 14.4 Å². The number of aromatic nitrogens is 1. The Bertz CT molecular complexity index is 761. The monoisotopic (exact) mass is 345 g/mol. The maximum atomic E-state index is 12.9. The number of oxazole rings is 1. The van der Waals surface area contributed by atoms with Gasteiger partial charge in [0.2, 0.25) is 5.91 Å². The Labute approximate surface area is 143 Å². The average Bonchev–Trinajstić information content (AvgIpc) is 3.24. The van der Waals surface area contributed by atoms with Crippen LogP contribution in [-0.2, 0) is 4.79 Å². The van der Waals surface area contributed by atoms with Crippen LogP contribution in [0.1, 0.15) is 25.7 Å². The molecule has 3 rings (SSSR count). The Hall–Kier alpha value is -2.33. The summed E-state index contributed by atoms with van der Waals surface area (Å²) in [4.78, 5) is 16.2. The molecular formula is C17H16FN3O2S. The molecule has 1 aromatic heterocycles. The minimum atomic E-state index is -0.715. The third-order valence-corrected chi connectivity index (χ3v) is 4.83. The van der Waals surface area contributed by atoms with Crippen molar-refractivity contribution in [3.05, 3.63) is 36.3 Å². The highest BCUT2D eigenvalue weighted by molar-refractivity contribution is 7.99. The lowest BCUT2D eigenvalue weighted by molar-refractivity contribution is -0.119. The molecule has 1 fully saturated rings. The van der Waals surface area contributed by atoms with E-state index in [1.165, 1.54) is 23.9 Å². The maximum absolute atomic E-state index is 12.9. The van der Waals surface area contributed by atoms with Crippen molar-refractivity contribution in [2.75, 3.05) is 5.75 Å².